The summed E-state index contributed by atoms with van der Waals surface area (Å²) < 4.78 is 0. The zero-order valence-corrected chi connectivity index (χ0v) is 12.1. The number of nitrogens with zero attached hydrogens (tertiary/aromatic N) is 1. The van der Waals surface area contributed by atoms with Crippen LogP contribution in [0.2, 0.25) is 0 Å². The van der Waals surface area contributed by atoms with Crippen LogP contribution in [0.3, 0.4) is 0 Å². The van der Waals surface area contributed by atoms with Gasteiger partial charge in [-0.15, -0.1) is 0 Å². The second-order valence-electron chi connectivity index (χ2n) is 5.03. The molecular formula is C15H25N3. The molecule has 2 N–H and O–H groups in total. The van der Waals surface area contributed by atoms with E-state index in [9.17, 15) is 0 Å². The first kappa shape index (κ1) is 14.6. The predicted molar refractivity (Wildman–Crippen MR) is 79.0 cm³/mol. The van der Waals surface area contributed by atoms with Gasteiger partial charge in [-0.25, -0.2) is 0 Å². The Bertz CT molecular complexity index is 379. The summed E-state index contributed by atoms with van der Waals surface area (Å²) in [6, 6.07) is 9.08. The minimum absolute atomic E-state index is 0.254. The molecule has 18 heavy (non-hydrogen) atoms. The lowest BCUT2D eigenvalue weighted by molar-refractivity contribution is 0.646. The highest BCUT2D eigenvalue weighted by Gasteiger charge is 2.06. The Morgan fingerprint density at radius 3 is 2.22 bits per heavy atom. The van der Waals surface area contributed by atoms with Crippen LogP contribution in [0.1, 0.15) is 37.9 Å². The molecule has 0 amide bonds. The summed E-state index contributed by atoms with van der Waals surface area (Å²) >= 11 is 0. The van der Waals surface area contributed by atoms with Crippen LogP contribution in [0.4, 0.5) is 0 Å². The summed E-state index contributed by atoms with van der Waals surface area (Å²) in [5, 5.41) is 6.36. The van der Waals surface area contributed by atoms with Gasteiger partial charge >= 0.3 is 0 Å². The Kier molecular flexibility index (Phi) is 5.69. The summed E-state index contributed by atoms with van der Waals surface area (Å²) in [6.45, 7) is 6.63. The smallest absolute Gasteiger partial charge is 0.191 e. The first-order valence-electron chi connectivity index (χ1n) is 6.56. The maximum atomic E-state index is 4.12. The zero-order valence-electron chi connectivity index (χ0n) is 12.1. The van der Waals surface area contributed by atoms with Crippen molar-refractivity contribution in [1.82, 2.24) is 10.6 Å². The molecule has 0 aliphatic carbocycles. The molecule has 0 heterocycles. The van der Waals surface area contributed by atoms with Gasteiger partial charge in [0.1, 0.15) is 0 Å². The van der Waals surface area contributed by atoms with Gasteiger partial charge in [0.15, 0.2) is 5.96 Å². The highest BCUT2D eigenvalue weighted by atomic mass is 15.2. The topological polar surface area (TPSA) is 36.4 Å². The minimum atomic E-state index is 0.254. The van der Waals surface area contributed by atoms with Gasteiger partial charge in [-0.1, -0.05) is 38.1 Å². The summed E-state index contributed by atoms with van der Waals surface area (Å²) in [4.78, 5) is 4.12. The van der Waals surface area contributed by atoms with E-state index in [2.05, 4.69) is 60.7 Å². The molecular weight excluding hydrogens is 222 g/mol. The molecule has 3 nitrogen and oxygen atoms in total. The third-order valence-electron chi connectivity index (χ3n) is 2.94. The fourth-order valence-corrected chi connectivity index (χ4v) is 1.95. The Morgan fingerprint density at radius 1 is 1.17 bits per heavy atom. The summed E-state index contributed by atoms with van der Waals surface area (Å²) in [5.41, 5.74) is 2.68. The Morgan fingerprint density at radius 2 is 1.78 bits per heavy atom. The van der Waals surface area contributed by atoms with E-state index in [1.807, 2.05) is 7.05 Å². The minimum Gasteiger partial charge on any atom is -0.359 e. The van der Waals surface area contributed by atoms with Gasteiger partial charge in [-0.3, -0.25) is 4.99 Å². The van der Waals surface area contributed by atoms with E-state index in [1.165, 1.54) is 11.1 Å². The molecule has 0 saturated carbocycles. The maximum Gasteiger partial charge on any atom is 0.191 e. The highest BCUT2D eigenvalue weighted by molar-refractivity contribution is 5.79. The number of guanidine groups is 1. The quantitative estimate of drug-likeness (QED) is 0.634. The molecule has 0 bridgehead atoms. The lowest BCUT2D eigenvalue weighted by atomic mass is 10.00. The largest absolute Gasteiger partial charge is 0.359 e. The Hall–Kier alpha value is -1.51. The molecule has 1 rings (SSSR count). The number of aliphatic imine (C=N–C) groups is 1. The standard InChI is InChI=1S/C15H25N3/c1-11(2)10-13-6-8-14(9-7-13)12(3)18-15(16-4)17-5/h6-9,11-12H,10H2,1-5H3,(H2,16,17,18). The van der Waals surface area contributed by atoms with Gasteiger partial charge in [0, 0.05) is 14.1 Å². The van der Waals surface area contributed by atoms with Crippen molar-refractivity contribution in [2.24, 2.45) is 10.9 Å². The van der Waals surface area contributed by atoms with Gasteiger partial charge in [-0.05, 0) is 30.4 Å². The Labute approximate surface area is 111 Å². The van der Waals surface area contributed by atoms with Crippen LogP contribution in [0, 0.1) is 5.92 Å². The zero-order chi connectivity index (χ0) is 13.5. The normalized spacial score (nSPS) is 13.6. The lowest BCUT2D eigenvalue weighted by Gasteiger charge is -2.17. The van der Waals surface area contributed by atoms with Crippen LogP contribution >= 0.6 is 0 Å². The third kappa shape index (κ3) is 4.40. The van der Waals surface area contributed by atoms with E-state index in [0.717, 1.165) is 12.4 Å². The summed E-state index contributed by atoms with van der Waals surface area (Å²) in [7, 11) is 3.64. The monoisotopic (exact) mass is 247 g/mol. The van der Waals surface area contributed by atoms with Crippen molar-refractivity contribution >= 4 is 5.96 Å². The number of hydrogen-bond acceptors (Lipinski definition) is 1. The van der Waals surface area contributed by atoms with Gasteiger partial charge in [0.05, 0.1) is 6.04 Å². The first-order chi connectivity index (χ1) is 8.56. The van der Waals surface area contributed by atoms with Crippen LogP contribution in [0.15, 0.2) is 29.3 Å². The van der Waals surface area contributed by atoms with Crippen LogP contribution in [-0.2, 0) is 6.42 Å². The average molecular weight is 247 g/mol. The van der Waals surface area contributed by atoms with Crippen molar-refractivity contribution < 1.29 is 0 Å². The number of benzene rings is 1. The summed E-state index contributed by atoms with van der Waals surface area (Å²) in [5.74, 6) is 1.52. The van der Waals surface area contributed by atoms with E-state index in [1.54, 1.807) is 7.05 Å². The molecule has 0 saturated heterocycles. The average Bonchev–Trinajstić information content (AvgIpc) is 2.35. The second-order valence-corrected chi connectivity index (χ2v) is 5.03. The van der Waals surface area contributed by atoms with Crippen LogP contribution in [0.5, 0.6) is 0 Å². The molecule has 1 unspecified atom stereocenters. The second kappa shape index (κ2) is 7.04. The molecule has 100 valence electrons. The van der Waals surface area contributed by atoms with Crippen molar-refractivity contribution in [3.63, 3.8) is 0 Å². The number of nitrogens with one attached hydrogen (secondary N) is 2. The van der Waals surface area contributed by atoms with E-state index in [-0.39, 0.29) is 6.04 Å². The molecule has 3 heteroatoms. The van der Waals surface area contributed by atoms with Crippen LogP contribution < -0.4 is 10.6 Å². The van der Waals surface area contributed by atoms with Gasteiger partial charge < -0.3 is 10.6 Å². The molecule has 0 fully saturated rings. The fraction of sp³-hybridized carbons (Fsp3) is 0.533. The Balaban J connectivity index is 2.67. The van der Waals surface area contributed by atoms with Gasteiger partial charge in [0.2, 0.25) is 0 Å². The fourth-order valence-electron chi connectivity index (χ4n) is 1.95. The van der Waals surface area contributed by atoms with E-state index in [4.69, 9.17) is 0 Å². The molecule has 1 aromatic carbocycles. The predicted octanol–water partition coefficient (Wildman–Crippen LogP) is 2.74. The molecule has 1 aromatic rings. The summed E-state index contributed by atoms with van der Waals surface area (Å²) in [6.07, 6.45) is 1.14. The maximum absolute atomic E-state index is 4.12. The van der Waals surface area contributed by atoms with Crippen molar-refractivity contribution in [1.29, 1.82) is 0 Å². The first-order valence-corrected chi connectivity index (χ1v) is 6.56. The molecule has 1 atom stereocenters. The van der Waals surface area contributed by atoms with Gasteiger partial charge in [0.25, 0.3) is 0 Å². The lowest BCUT2D eigenvalue weighted by Crippen LogP contribution is -2.36. The van der Waals surface area contributed by atoms with Crippen LogP contribution in [-0.4, -0.2) is 20.1 Å². The van der Waals surface area contributed by atoms with Crippen molar-refractivity contribution in [3.05, 3.63) is 35.4 Å². The van der Waals surface area contributed by atoms with E-state index in [0.29, 0.717) is 5.92 Å². The number of hydrogen-bond donors (Lipinski definition) is 2. The number of rotatable bonds is 4. The third-order valence-corrected chi connectivity index (χ3v) is 2.94. The van der Waals surface area contributed by atoms with E-state index < -0.39 is 0 Å². The van der Waals surface area contributed by atoms with Crippen molar-refractivity contribution in [3.8, 4) is 0 Å². The van der Waals surface area contributed by atoms with Gasteiger partial charge in [-0.2, -0.15) is 0 Å². The molecule has 0 radical (unpaired) electrons. The SMILES string of the molecule is CN=C(NC)NC(C)c1ccc(CC(C)C)cc1. The molecule has 0 aliphatic rings. The molecule has 0 aromatic heterocycles. The highest BCUT2D eigenvalue weighted by Crippen LogP contribution is 2.15. The van der Waals surface area contributed by atoms with Crippen molar-refractivity contribution in [2.75, 3.05) is 14.1 Å². The van der Waals surface area contributed by atoms with Crippen LogP contribution in [0.25, 0.3) is 0 Å². The van der Waals surface area contributed by atoms with Crippen molar-refractivity contribution in [2.45, 2.75) is 33.2 Å². The molecule has 0 spiro atoms. The van der Waals surface area contributed by atoms with E-state index >= 15 is 0 Å². The molecule has 0 aliphatic heterocycles.